The Morgan fingerprint density at radius 1 is 0.792 bits per heavy atom. The van der Waals surface area contributed by atoms with Gasteiger partial charge in [-0.1, -0.05) is 24.3 Å². The summed E-state index contributed by atoms with van der Waals surface area (Å²) in [5.74, 6) is 1.61. The first-order valence-electron chi connectivity index (χ1n) is 7.75. The molecule has 0 spiro atoms. The summed E-state index contributed by atoms with van der Waals surface area (Å²) in [6.45, 7) is 1.07. The number of carbonyl (C=O) groups excluding carboxylic acids is 1. The molecule has 2 amide bonds. The van der Waals surface area contributed by atoms with Gasteiger partial charge in [0.1, 0.15) is 11.5 Å². The summed E-state index contributed by atoms with van der Waals surface area (Å²) in [6.07, 6.45) is 0. The topological polar surface area (TPSA) is 42.0 Å². The van der Waals surface area contributed by atoms with E-state index in [4.69, 9.17) is 9.47 Å². The van der Waals surface area contributed by atoms with Crippen LogP contribution in [0.2, 0.25) is 0 Å². The molecule has 5 nitrogen and oxygen atoms in total. The number of hydrogen-bond donors (Lipinski definition) is 0. The molecule has 2 rings (SSSR count). The van der Waals surface area contributed by atoms with Crippen LogP contribution in [0.5, 0.6) is 11.5 Å². The highest BCUT2D eigenvalue weighted by Crippen LogP contribution is 2.17. The van der Waals surface area contributed by atoms with E-state index in [0.717, 1.165) is 22.6 Å². The highest BCUT2D eigenvalue weighted by atomic mass is 16.5. The second kappa shape index (κ2) is 8.24. The van der Waals surface area contributed by atoms with E-state index in [1.54, 1.807) is 33.2 Å². The molecule has 0 saturated carbocycles. The maximum atomic E-state index is 12.5. The van der Waals surface area contributed by atoms with Gasteiger partial charge in [0.05, 0.1) is 14.2 Å². The zero-order valence-electron chi connectivity index (χ0n) is 14.7. The van der Waals surface area contributed by atoms with Gasteiger partial charge in [-0.2, -0.15) is 0 Å². The lowest BCUT2D eigenvalue weighted by Crippen LogP contribution is -2.38. The van der Waals surface area contributed by atoms with Crippen LogP contribution in [0.25, 0.3) is 0 Å². The van der Waals surface area contributed by atoms with Crippen molar-refractivity contribution in [1.82, 2.24) is 9.80 Å². The van der Waals surface area contributed by atoms with Crippen molar-refractivity contribution in [1.29, 1.82) is 0 Å². The molecule has 5 heteroatoms. The standard InChI is InChI=1S/C19H24N2O3/c1-20(2)19(22)21(13-15-5-9-17(23-3)10-6-15)14-16-7-11-18(24-4)12-8-16/h5-12H,13-14H2,1-4H3. The fraction of sp³-hybridized carbons (Fsp3) is 0.316. The Hall–Kier alpha value is -2.69. The van der Waals surface area contributed by atoms with Crippen molar-refractivity contribution in [3.05, 3.63) is 59.7 Å². The molecule has 0 N–H and O–H groups in total. The Bertz CT molecular complexity index is 602. The molecule has 0 aromatic heterocycles. The molecule has 0 unspecified atom stereocenters. The number of methoxy groups -OCH3 is 2. The van der Waals surface area contributed by atoms with E-state index in [0.29, 0.717) is 13.1 Å². The second-order valence-corrected chi connectivity index (χ2v) is 5.73. The minimum atomic E-state index is -0.0263. The van der Waals surface area contributed by atoms with E-state index < -0.39 is 0 Å². The van der Waals surface area contributed by atoms with Crippen LogP contribution in [0.1, 0.15) is 11.1 Å². The van der Waals surface area contributed by atoms with E-state index in [1.165, 1.54) is 0 Å². The Balaban J connectivity index is 2.15. The maximum Gasteiger partial charge on any atom is 0.320 e. The summed E-state index contributed by atoms with van der Waals surface area (Å²) in [5, 5.41) is 0. The number of amides is 2. The highest BCUT2D eigenvalue weighted by Gasteiger charge is 2.16. The van der Waals surface area contributed by atoms with Gasteiger partial charge in [0.15, 0.2) is 0 Å². The molecule has 0 atom stereocenters. The summed E-state index contributed by atoms with van der Waals surface area (Å²) in [5.41, 5.74) is 2.11. The third-order valence-electron chi connectivity index (χ3n) is 3.72. The van der Waals surface area contributed by atoms with Crippen LogP contribution in [-0.4, -0.2) is 44.1 Å². The normalized spacial score (nSPS) is 10.2. The molecule has 2 aromatic carbocycles. The van der Waals surface area contributed by atoms with Gasteiger partial charge < -0.3 is 19.3 Å². The molecule has 0 bridgehead atoms. The van der Waals surface area contributed by atoms with Crippen molar-refractivity contribution in [3.8, 4) is 11.5 Å². The highest BCUT2D eigenvalue weighted by molar-refractivity contribution is 5.73. The Morgan fingerprint density at radius 3 is 1.46 bits per heavy atom. The van der Waals surface area contributed by atoms with Crippen molar-refractivity contribution >= 4 is 6.03 Å². The van der Waals surface area contributed by atoms with Crippen molar-refractivity contribution in [2.24, 2.45) is 0 Å². The molecule has 0 aliphatic heterocycles. The van der Waals surface area contributed by atoms with Gasteiger partial charge in [0, 0.05) is 27.2 Å². The van der Waals surface area contributed by atoms with Crippen LogP contribution in [0.3, 0.4) is 0 Å². The van der Waals surface area contributed by atoms with Gasteiger partial charge in [0.25, 0.3) is 0 Å². The molecule has 0 heterocycles. The number of ether oxygens (including phenoxy) is 2. The van der Waals surface area contributed by atoms with Crippen LogP contribution < -0.4 is 9.47 Å². The van der Waals surface area contributed by atoms with Crippen LogP contribution in [-0.2, 0) is 13.1 Å². The Morgan fingerprint density at radius 2 is 1.17 bits per heavy atom. The number of carbonyl (C=O) groups is 1. The van der Waals surface area contributed by atoms with Gasteiger partial charge in [0.2, 0.25) is 0 Å². The summed E-state index contributed by atoms with van der Waals surface area (Å²) < 4.78 is 10.4. The minimum Gasteiger partial charge on any atom is -0.497 e. The number of urea groups is 1. The fourth-order valence-electron chi connectivity index (χ4n) is 2.38. The van der Waals surface area contributed by atoms with E-state index >= 15 is 0 Å². The quantitative estimate of drug-likeness (QED) is 0.816. The summed E-state index contributed by atoms with van der Waals surface area (Å²) >= 11 is 0. The monoisotopic (exact) mass is 328 g/mol. The molecule has 0 saturated heterocycles. The van der Waals surface area contributed by atoms with Crippen molar-refractivity contribution in [2.75, 3.05) is 28.3 Å². The molecule has 128 valence electrons. The smallest absolute Gasteiger partial charge is 0.320 e. The molecule has 0 aliphatic rings. The van der Waals surface area contributed by atoms with Crippen LogP contribution in [0, 0.1) is 0 Å². The Kier molecular flexibility index (Phi) is 6.07. The first kappa shape index (κ1) is 17.7. The predicted molar refractivity (Wildman–Crippen MR) is 94.3 cm³/mol. The van der Waals surface area contributed by atoms with Gasteiger partial charge in [-0.05, 0) is 35.4 Å². The lowest BCUT2D eigenvalue weighted by molar-refractivity contribution is 0.165. The zero-order chi connectivity index (χ0) is 17.5. The average molecular weight is 328 g/mol. The fourth-order valence-corrected chi connectivity index (χ4v) is 2.38. The molecular weight excluding hydrogens is 304 g/mol. The maximum absolute atomic E-state index is 12.5. The van der Waals surface area contributed by atoms with Crippen LogP contribution in [0.4, 0.5) is 4.79 Å². The lowest BCUT2D eigenvalue weighted by Gasteiger charge is -2.26. The summed E-state index contributed by atoms with van der Waals surface area (Å²) in [7, 11) is 6.80. The molecule has 0 fully saturated rings. The largest absolute Gasteiger partial charge is 0.497 e. The number of hydrogen-bond acceptors (Lipinski definition) is 3. The molecule has 2 aromatic rings. The molecule has 0 radical (unpaired) electrons. The SMILES string of the molecule is COc1ccc(CN(Cc2ccc(OC)cc2)C(=O)N(C)C)cc1. The molecule has 0 aliphatic carbocycles. The molecular formula is C19H24N2O3. The summed E-state index contributed by atoms with van der Waals surface area (Å²) in [4.78, 5) is 15.9. The first-order valence-corrected chi connectivity index (χ1v) is 7.75. The predicted octanol–water partition coefficient (Wildman–Crippen LogP) is 3.39. The Labute approximate surface area is 143 Å². The summed E-state index contributed by atoms with van der Waals surface area (Å²) in [6, 6.07) is 15.5. The van der Waals surface area contributed by atoms with Crippen molar-refractivity contribution in [2.45, 2.75) is 13.1 Å². The number of nitrogens with zero attached hydrogens (tertiary/aromatic N) is 2. The minimum absolute atomic E-state index is 0.0263. The van der Waals surface area contributed by atoms with Gasteiger partial charge >= 0.3 is 6.03 Å². The average Bonchev–Trinajstić information content (AvgIpc) is 2.61. The molecule has 24 heavy (non-hydrogen) atoms. The van der Waals surface area contributed by atoms with Crippen LogP contribution in [0.15, 0.2) is 48.5 Å². The van der Waals surface area contributed by atoms with E-state index in [9.17, 15) is 4.79 Å². The third kappa shape index (κ3) is 4.65. The van der Waals surface area contributed by atoms with Crippen LogP contribution >= 0.6 is 0 Å². The van der Waals surface area contributed by atoms with Crippen molar-refractivity contribution < 1.29 is 14.3 Å². The number of benzene rings is 2. The van der Waals surface area contributed by atoms with E-state index in [1.807, 2.05) is 53.4 Å². The lowest BCUT2D eigenvalue weighted by atomic mass is 10.1. The second-order valence-electron chi connectivity index (χ2n) is 5.73. The van der Waals surface area contributed by atoms with Crippen molar-refractivity contribution in [3.63, 3.8) is 0 Å². The van der Waals surface area contributed by atoms with E-state index in [-0.39, 0.29) is 6.03 Å². The third-order valence-corrected chi connectivity index (χ3v) is 3.72. The first-order chi connectivity index (χ1) is 11.5. The van der Waals surface area contributed by atoms with Gasteiger partial charge in [-0.25, -0.2) is 4.79 Å². The van der Waals surface area contributed by atoms with E-state index in [2.05, 4.69) is 0 Å². The zero-order valence-corrected chi connectivity index (χ0v) is 14.7. The van der Waals surface area contributed by atoms with Gasteiger partial charge in [-0.3, -0.25) is 0 Å². The number of rotatable bonds is 6. The van der Waals surface area contributed by atoms with Gasteiger partial charge in [-0.15, -0.1) is 0 Å².